The lowest BCUT2D eigenvalue weighted by molar-refractivity contribution is 0.00674. The quantitative estimate of drug-likeness (QED) is 0.430. The van der Waals surface area contributed by atoms with Crippen molar-refractivity contribution in [3.05, 3.63) is 0 Å². The topological polar surface area (TPSA) is 29.5 Å². The van der Waals surface area contributed by atoms with E-state index in [1.54, 1.807) is 11.8 Å². The minimum absolute atomic E-state index is 0.152. The molecule has 0 saturated heterocycles. The van der Waals surface area contributed by atoms with Gasteiger partial charge in [0, 0.05) is 5.75 Å². The highest BCUT2D eigenvalue weighted by molar-refractivity contribution is 7.98. The smallest absolute Gasteiger partial charge is 0.143 e. The molecule has 0 atom stereocenters. The molecule has 0 aromatic carbocycles. The minimum atomic E-state index is -0.152. The normalized spacial score (nSPS) is 9.43. The van der Waals surface area contributed by atoms with E-state index in [1.807, 2.05) is 6.26 Å². The van der Waals surface area contributed by atoms with Gasteiger partial charge in [0.2, 0.25) is 0 Å². The molecule has 3 heteroatoms. The van der Waals surface area contributed by atoms with E-state index < -0.39 is 0 Å². The third kappa shape index (κ3) is 6.27. The Labute approximate surface area is 47.9 Å². The zero-order chi connectivity index (χ0) is 5.54. The largest absolute Gasteiger partial charge is 0.371 e. The maximum absolute atomic E-state index is 8.06. The van der Waals surface area contributed by atoms with Crippen LogP contribution in [0, 0.1) is 0 Å². The molecule has 0 heterocycles. The third-order valence-corrected chi connectivity index (χ3v) is 1.10. The molecule has 0 aromatic heterocycles. The second-order valence-corrected chi connectivity index (χ2v) is 2.02. The summed E-state index contributed by atoms with van der Waals surface area (Å²) in [6.07, 6.45) is 2.00. The van der Waals surface area contributed by atoms with Gasteiger partial charge < -0.3 is 9.84 Å². The lowest BCUT2D eigenvalue weighted by Crippen LogP contribution is -1.96. The molecule has 0 aliphatic heterocycles. The maximum atomic E-state index is 8.06. The summed E-state index contributed by atoms with van der Waals surface area (Å²) in [5, 5.41) is 8.06. The van der Waals surface area contributed by atoms with Crippen molar-refractivity contribution < 1.29 is 9.84 Å². The first-order valence-electron chi connectivity index (χ1n) is 2.09. The van der Waals surface area contributed by atoms with Crippen molar-refractivity contribution in [3.8, 4) is 0 Å². The van der Waals surface area contributed by atoms with Gasteiger partial charge in [0.05, 0.1) is 6.61 Å². The second-order valence-electron chi connectivity index (χ2n) is 1.03. The van der Waals surface area contributed by atoms with Crippen molar-refractivity contribution in [1.82, 2.24) is 0 Å². The molecule has 0 bridgehead atoms. The second kappa shape index (κ2) is 6.27. The van der Waals surface area contributed by atoms with Crippen LogP contribution in [-0.2, 0) is 4.74 Å². The van der Waals surface area contributed by atoms with Crippen LogP contribution in [0.25, 0.3) is 0 Å². The standard InChI is InChI=1S/C4H10O2S/c1-7-3-2-6-4-5/h5H,2-4H2,1H3. The molecule has 0 spiro atoms. The van der Waals surface area contributed by atoms with Crippen molar-refractivity contribution in [3.63, 3.8) is 0 Å². The van der Waals surface area contributed by atoms with Gasteiger partial charge >= 0.3 is 0 Å². The summed E-state index contributed by atoms with van der Waals surface area (Å²) >= 11 is 1.71. The SMILES string of the molecule is CSCCOCO. The molecule has 0 saturated carbocycles. The van der Waals surface area contributed by atoms with Crippen LogP contribution in [-0.4, -0.2) is 30.5 Å². The fourth-order valence-corrected chi connectivity index (χ4v) is 0.491. The van der Waals surface area contributed by atoms with E-state index in [0.29, 0.717) is 6.61 Å². The van der Waals surface area contributed by atoms with Gasteiger partial charge in [-0.1, -0.05) is 0 Å². The highest BCUT2D eigenvalue weighted by Gasteiger charge is 1.79. The van der Waals surface area contributed by atoms with Gasteiger partial charge in [0.15, 0.2) is 0 Å². The first-order valence-corrected chi connectivity index (χ1v) is 3.48. The Bertz CT molecular complexity index is 28.9. The first kappa shape index (κ1) is 7.27. The van der Waals surface area contributed by atoms with Crippen molar-refractivity contribution in [2.45, 2.75) is 0 Å². The molecule has 0 rings (SSSR count). The van der Waals surface area contributed by atoms with Gasteiger partial charge in [-0.05, 0) is 6.26 Å². The van der Waals surface area contributed by atoms with Crippen LogP contribution in [0.1, 0.15) is 0 Å². The summed E-state index contributed by atoms with van der Waals surface area (Å²) < 4.78 is 4.61. The van der Waals surface area contributed by atoms with Crippen LogP contribution in [0.3, 0.4) is 0 Å². The van der Waals surface area contributed by atoms with E-state index in [2.05, 4.69) is 4.74 Å². The van der Waals surface area contributed by atoms with E-state index in [1.165, 1.54) is 0 Å². The number of aliphatic hydroxyl groups is 1. The zero-order valence-electron chi connectivity index (χ0n) is 4.39. The van der Waals surface area contributed by atoms with Crippen molar-refractivity contribution >= 4 is 11.8 Å². The lowest BCUT2D eigenvalue weighted by atomic mass is 10.9. The fourth-order valence-electron chi connectivity index (χ4n) is 0.207. The van der Waals surface area contributed by atoms with Crippen LogP contribution >= 0.6 is 11.8 Å². The van der Waals surface area contributed by atoms with Crippen molar-refractivity contribution in [1.29, 1.82) is 0 Å². The molecule has 1 N–H and O–H groups in total. The van der Waals surface area contributed by atoms with Crippen LogP contribution in [0.2, 0.25) is 0 Å². The summed E-state index contributed by atoms with van der Waals surface area (Å²) in [6, 6.07) is 0. The summed E-state index contributed by atoms with van der Waals surface area (Å²) in [4.78, 5) is 0. The van der Waals surface area contributed by atoms with Gasteiger partial charge in [-0.2, -0.15) is 11.8 Å². The summed E-state index contributed by atoms with van der Waals surface area (Å²) in [7, 11) is 0. The van der Waals surface area contributed by atoms with Gasteiger partial charge in [0.25, 0.3) is 0 Å². The van der Waals surface area contributed by atoms with E-state index in [0.717, 1.165) is 5.75 Å². The highest BCUT2D eigenvalue weighted by atomic mass is 32.2. The number of hydrogen-bond donors (Lipinski definition) is 1. The number of hydrogen-bond acceptors (Lipinski definition) is 3. The van der Waals surface area contributed by atoms with Crippen LogP contribution in [0.4, 0.5) is 0 Å². The van der Waals surface area contributed by atoms with Crippen LogP contribution < -0.4 is 0 Å². The third-order valence-electron chi connectivity index (χ3n) is 0.523. The molecule has 0 aliphatic rings. The maximum Gasteiger partial charge on any atom is 0.143 e. The van der Waals surface area contributed by atoms with E-state index >= 15 is 0 Å². The van der Waals surface area contributed by atoms with Gasteiger partial charge in [-0.25, -0.2) is 0 Å². The Morgan fingerprint density at radius 1 is 1.71 bits per heavy atom. The molecule has 44 valence electrons. The monoisotopic (exact) mass is 122 g/mol. The Balaban J connectivity index is 2.45. The average molecular weight is 122 g/mol. The Morgan fingerprint density at radius 3 is 2.86 bits per heavy atom. The van der Waals surface area contributed by atoms with E-state index in [-0.39, 0.29) is 6.79 Å². The fraction of sp³-hybridized carbons (Fsp3) is 1.00. The number of rotatable bonds is 4. The lowest BCUT2D eigenvalue weighted by Gasteiger charge is -1.94. The minimum Gasteiger partial charge on any atom is -0.371 e. The summed E-state index contributed by atoms with van der Waals surface area (Å²) in [6.45, 7) is 0.498. The van der Waals surface area contributed by atoms with E-state index in [9.17, 15) is 0 Å². The molecule has 0 fully saturated rings. The predicted molar refractivity (Wildman–Crippen MR) is 31.4 cm³/mol. The highest BCUT2D eigenvalue weighted by Crippen LogP contribution is 1.88. The van der Waals surface area contributed by atoms with Crippen molar-refractivity contribution in [2.75, 3.05) is 25.4 Å². The van der Waals surface area contributed by atoms with Gasteiger partial charge in [-0.3, -0.25) is 0 Å². The Kier molecular flexibility index (Phi) is 6.51. The molecule has 2 nitrogen and oxygen atoms in total. The zero-order valence-corrected chi connectivity index (χ0v) is 5.20. The molecule has 7 heavy (non-hydrogen) atoms. The average Bonchev–Trinajstić information content (AvgIpc) is 1.69. The van der Waals surface area contributed by atoms with E-state index in [4.69, 9.17) is 5.11 Å². The molecule has 0 unspecified atom stereocenters. The Hall–Kier alpha value is 0.270. The molecular weight excluding hydrogens is 112 g/mol. The van der Waals surface area contributed by atoms with Gasteiger partial charge in [0.1, 0.15) is 6.79 Å². The molecule has 0 aliphatic carbocycles. The predicted octanol–water partition coefficient (Wildman–Crippen LogP) is 0.316. The number of ether oxygens (including phenoxy) is 1. The molecular formula is C4H10O2S. The number of aliphatic hydroxyl groups excluding tert-OH is 1. The Morgan fingerprint density at radius 2 is 2.43 bits per heavy atom. The van der Waals surface area contributed by atoms with Gasteiger partial charge in [-0.15, -0.1) is 0 Å². The number of thioether (sulfide) groups is 1. The first-order chi connectivity index (χ1) is 3.41. The summed E-state index contributed by atoms with van der Waals surface area (Å²) in [5.74, 6) is 0.959. The molecule has 0 radical (unpaired) electrons. The van der Waals surface area contributed by atoms with Crippen molar-refractivity contribution in [2.24, 2.45) is 0 Å². The molecule has 0 aromatic rings. The molecule has 0 amide bonds. The van der Waals surface area contributed by atoms with Crippen LogP contribution in [0.5, 0.6) is 0 Å². The summed E-state index contributed by atoms with van der Waals surface area (Å²) in [5.41, 5.74) is 0. The van der Waals surface area contributed by atoms with Crippen LogP contribution in [0.15, 0.2) is 0 Å².